The maximum Gasteiger partial charge on any atom is 0.131 e. The molecule has 2 aliphatic rings. The largest absolute Gasteiger partial charge is 0.337 e. The summed E-state index contributed by atoms with van der Waals surface area (Å²) in [7, 11) is 2.05. The molecule has 1 saturated carbocycles. The molecule has 0 atom stereocenters. The summed E-state index contributed by atoms with van der Waals surface area (Å²) in [6, 6.07) is 0. The van der Waals surface area contributed by atoms with Crippen molar-refractivity contribution in [2.24, 2.45) is 7.05 Å². The summed E-state index contributed by atoms with van der Waals surface area (Å²) in [6.07, 6.45) is 9.47. The van der Waals surface area contributed by atoms with Gasteiger partial charge in [-0.3, -0.25) is 4.90 Å². The highest BCUT2D eigenvalue weighted by molar-refractivity contribution is 5.22. The predicted molar refractivity (Wildman–Crippen MR) is 75.0 cm³/mol. The van der Waals surface area contributed by atoms with Crippen LogP contribution in [-0.2, 0) is 26.6 Å². The topological polar surface area (TPSA) is 46.8 Å². The fourth-order valence-electron chi connectivity index (χ4n) is 2.81. The van der Waals surface area contributed by atoms with Gasteiger partial charge in [-0.2, -0.15) is 0 Å². The third-order valence-corrected chi connectivity index (χ3v) is 4.26. The van der Waals surface area contributed by atoms with Gasteiger partial charge in [0.25, 0.3) is 0 Å². The maximum absolute atomic E-state index is 4.77. The van der Waals surface area contributed by atoms with Gasteiger partial charge in [0, 0.05) is 62.3 Å². The lowest BCUT2D eigenvalue weighted by atomic mass is 10.1. The Kier molecular flexibility index (Phi) is 2.80. The van der Waals surface area contributed by atoms with E-state index in [1.54, 1.807) is 0 Å². The lowest BCUT2D eigenvalue weighted by Gasteiger charge is -2.27. The molecule has 0 bridgehead atoms. The number of hydrogen-bond acceptors (Lipinski definition) is 4. The highest BCUT2D eigenvalue weighted by atomic mass is 15.2. The first-order valence-corrected chi connectivity index (χ1v) is 7.33. The molecule has 0 aromatic carbocycles. The summed E-state index contributed by atoms with van der Waals surface area (Å²) < 4.78 is 2.09. The van der Waals surface area contributed by atoms with E-state index < -0.39 is 0 Å². The van der Waals surface area contributed by atoms with Crippen molar-refractivity contribution >= 4 is 0 Å². The van der Waals surface area contributed by atoms with E-state index in [-0.39, 0.29) is 0 Å². The van der Waals surface area contributed by atoms with E-state index >= 15 is 0 Å². The molecule has 1 aliphatic carbocycles. The maximum atomic E-state index is 4.77. The highest BCUT2D eigenvalue weighted by Crippen LogP contribution is 2.38. The number of imidazole rings is 1. The zero-order valence-corrected chi connectivity index (χ0v) is 11.8. The Morgan fingerprint density at radius 1 is 1.30 bits per heavy atom. The van der Waals surface area contributed by atoms with Crippen LogP contribution in [0, 0.1) is 0 Å². The minimum Gasteiger partial charge on any atom is -0.337 e. The van der Waals surface area contributed by atoms with E-state index in [1.807, 2.05) is 25.6 Å². The second kappa shape index (κ2) is 4.66. The molecule has 0 saturated heterocycles. The van der Waals surface area contributed by atoms with Crippen LogP contribution in [-0.4, -0.2) is 31.0 Å². The molecule has 1 fully saturated rings. The number of aromatic nitrogens is 4. The molecule has 2 aromatic rings. The summed E-state index contributed by atoms with van der Waals surface area (Å²) in [5.41, 5.74) is 2.55. The van der Waals surface area contributed by atoms with E-state index in [0.29, 0.717) is 5.92 Å². The molecule has 4 rings (SSSR count). The van der Waals surface area contributed by atoms with Crippen molar-refractivity contribution in [3.05, 3.63) is 41.5 Å². The van der Waals surface area contributed by atoms with Gasteiger partial charge in [0.05, 0.1) is 6.54 Å². The molecule has 3 heterocycles. The van der Waals surface area contributed by atoms with Crippen LogP contribution in [0.3, 0.4) is 0 Å². The van der Waals surface area contributed by atoms with Gasteiger partial charge in [-0.15, -0.1) is 0 Å². The third kappa shape index (κ3) is 2.22. The van der Waals surface area contributed by atoms with Crippen molar-refractivity contribution in [3.63, 3.8) is 0 Å². The van der Waals surface area contributed by atoms with E-state index in [2.05, 4.69) is 19.4 Å². The second-order valence-electron chi connectivity index (χ2n) is 5.89. The van der Waals surface area contributed by atoms with Gasteiger partial charge in [-0.1, -0.05) is 0 Å². The van der Waals surface area contributed by atoms with Gasteiger partial charge >= 0.3 is 0 Å². The summed E-state index contributed by atoms with van der Waals surface area (Å²) >= 11 is 0. The van der Waals surface area contributed by atoms with E-state index in [0.717, 1.165) is 37.7 Å². The smallest absolute Gasteiger partial charge is 0.131 e. The van der Waals surface area contributed by atoms with Crippen LogP contribution >= 0.6 is 0 Å². The van der Waals surface area contributed by atoms with Gasteiger partial charge in [0.15, 0.2) is 0 Å². The standard InChI is InChI=1S/C15H19N5/c1-19-7-5-16-14(19)10-20-6-4-13-12(9-20)8-17-15(18-13)11-2-3-11/h5,7-8,11H,2-4,6,9-10H2,1H3. The van der Waals surface area contributed by atoms with Crippen molar-refractivity contribution in [3.8, 4) is 0 Å². The van der Waals surface area contributed by atoms with Crippen LogP contribution in [0.2, 0.25) is 0 Å². The van der Waals surface area contributed by atoms with E-state index in [9.17, 15) is 0 Å². The SMILES string of the molecule is Cn1ccnc1CN1CCc2nc(C3CC3)ncc2C1. The molecule has 0 spiro atoms. The van der Waals surface area contributed by atoms with Crippen LogP contribution in [0.4, 0.5) is 0 Å². The van der Waals surface area contributed by atoms with Crippen molar-refractivity contribution < 1.29 is 0 Å². The number of hydrogen-bond donors (Lipinski definition) is 0. The van der Waals surface area contributed by atoms with Crippen molar-refractivity contribution in [2.75, 3.05) is 6.54 Å². The minimum absolute atomic E-state index is 0.644. The Morgan fingerprint density at radius 2 is 2.20 bits per heavy atom. The molecule has 0 radical (unpaired) electrons. The number of rotatable bonds is 3. The van der Waals surface area contributed by atoms with Gasteiger partial charge in [0.1, 0.15) is 11.6 Å². The molecule has 5 nitrogen and oxygen atoms in total. The van der Waals surface area contributed by atoms with Crippen molar-refractivity contribution in [1.82, 2.24) is 24.4 Å². The summed E-state index contributed by atoms with van der Waals surface area (Å²) in [4.78, 5) is 16.1. The van der Waals surface area contributed by atoms with E-state index in [4.69, 9.17) is 4.98 Å². The Hall–Kier alpha value is -1.75. The number of aryl methyl sites for hydroxylation is 1. The zero-order chi connectivity index (χ0) is 13.5. The Labute approximate surface area is 118 Å². The molecule has 20 heavy (non-hydrogen) atoms. The Bertz CT molecular complexity index is 629. The Balaban J connectivity index is 1.50. The first-order valence-electron chi connectivity index (χ1n) is 7.33. The summed E-state index contributed by atoms with van der Waals surface area (Å²) in [6.45, 7) is 2.89. The molecule has 1 aliphatic heterocycles. The van der Waals surface area contributed by atoms with Crippen LogP contribution in [0.25, 0.3) is 0 Å². The quantitative estimate of drug-likeness (QED) is 0.850. The molecular formula is C15H19N5. The fraction of sp³-hybridized carbons (Fsp3) is 0.533. The second-order valence-corrected chi connectivity index (χ2v) is 5.89. The Morgan fingerprint density at radius 3 is 2.95 bits per heavy atom. The van der Waals surface area contributed by atoms with Crippen LogP contribution in [0.1, 0.15) is 41.7 Å². The molecule has 2 aromatic heterocycles. The first-order chi connectivity index (χ1) is 9.79. The zero-order valence-electron chi connectivity index (χ0n) is 11.8. The molecule has 0 N–H and O–H groups in total. The molecule has 0 amide bonds. The molecular weight excluding hydrogens is 250 g/mol. The van der Waals surface area contributed by atoms with Gasteiger partial charge in [-0.05, 0) is 12.8 Å². The predicted octanol–water partition coefficient (Wildman–Crippen LogP) is 1.65. The van der Waals surface area contributed by atoms with Gasteiger partial charge < -0.3 is 4.57 Å². The average molecular weight is 269 g/mol. The third-order valence-electron chi connectivity index (χ3n) is 4.26. The molecule has 0 unspecified atom stereocenters. The minimum atomic E-state index is 0.644. The fourth-order valence-corrected chi connectivity index (χ4v) is 2.81. The van der Waals surface area contributed by atoms with Gasteiger partial charge in [0.2, 0.25) is 0 Å². The summed E-state index contributed by atoms with van der Waals surface area (Å²) in [5.74, 6) is 2.83. The normalized spacial score (nSPS) is 19.1. The van der Waals surface area contributed by atoms with Crippen LogP contribution in [0.5, 0.6) is 0 Å². The van der Waals surface area contributed by atoms with Gasteiger partial charge in [-0.25, -0.2) is 15.0 Å². The lowest BCUT2D eigenvalue weighted by Crippen LogP contribution is -2.32. The number of fused-ring (bicyclic) bond motifs is 1. The molecule has 5 heteroatoms. The van der Waals surface area contributed by atoms with E-state index in [1.165, 1.54) is 24.1 Å². The highest BCUT2D eigenvalue weighted by Gasteiger charge is 2.28. The van der Waals surface area contributed by atoms with Crippen molar-refractivity contribution in [1.29, 1.82) is 0 Å². The lowest BCUT2D eigenvalue weighted by molar-refractivity contribution is 0.234. The first kappa shape index (κ1) is 12.0. The molecule has 104 valence electrons. The van der Waals surface area contributed by atoms with Crippen LogP contribution < -0.4 is 0 Å². The van der Waals surface area contributed by atoms with Crippen LogP contribution in [0.15, 0.2) is 18.6 Å². The summed E-state index contributed by atoms with van der Waals surface area (Å²) in [5, 5.41) is 0. The average Bonchev–Trinajstić information content (AvgIpc) is 3.24. The van der Waals surface area contributed by atoms with Crippen molar-refractivity contribution in [2.45, 2.75) is 38.3 Å². The number of nitrogens with zero attached hydrogens (tertiary/aromatic N) is 5. The monoisotopic (exact) mass is 269 g/mol.